The van der Waals surface area contributed by atoms with Gasteiger partial charge in [-0.1, -0.05) is 0 Å². The van der Waals surface area contributed by atoms with Gasteiger partial charge in [0.1, 0.15) is 16.6 Å². The summed E-state index contributed by atoms with van der Waals surface area (Å²) in [5, 5.41) is 5.24. The van der Waals surface area contributed by atoms with Crippen molar-refractivity contribution in [3.05, 3.63) is 22.8 Å². The highest BCUT2D eigenvalue weighted by Gasteiger charge is 2.33. The summed E-state index contributed by atoms with van der Waals surface area (Å²) in [6.45, 7) is 2.25. The van der Waals surface area contributed by atoms with Crippen LogP contribution in [0.5, 0.6) is 0 Å². The van der Waals surface area contributed by atoms with E-state index in [1.165, 1.54) is 4.88 Å². The molecular weight excluding hydrogens is 262 g/mol. The Kier molecular flexibility index (Phi) is 3.10. The number of aromatic nitrogens is 3. The number of aryl methyl sites for hydroxylation is 2. The van der Waals surface area contributed by atoms with E-state index in [0.717, 1.165) is 29.2 Å². The molecule has 1 atom stereocenters. The average molecular weight is 277 g/mol. The molecule has 0 aromatic carbocycles. The molecule has 100 valence electrons. The fraction of sp³-hybridized carbons (Fsp3) is 0.462. The van der Waals surface area contributed by atoms with Crippen molar-refractivity contribution in [2.75, 3.05) is 6.61 Å². The van der Waals surface area contributed by atoms with Crippen LogP contribution in [0, 0.1) is 0 Å². The van der Waals surface area contributed by atoms with Crippen LogP contribution >= 0.6 is 11.3 Å². The molecule has 0 N–H and O–H groups in total. The number of rotatable bonds is 3. The molecular formula is C13H15N3O2S. The predicted octanol–water partition coefficient (Wildman–Crippen LogP) is 2.14. The lowest BCUT2D eigenvalue weighted by Crippen LogP contribution is -2.14. The van der Waals surface area contributed by atoms with Gasteiger partial charge in [-0.2, -0.15) is 5.10 Å². The molecule has 1 aliphatic rings. The summed E-state index contributed by atoms with van der Waals surface area (Å²) < 4.78 is 6.86. The Bertz CT molecular complexity index is 617. The van der Waals surface area contributed by atoms with Gasteiger partial charge in [-0.15, -0.1) is 11.3 Å². The predicted molar refractivity (Wildman–Crippen MR) is 72.0 cm³/mol. The summed E-state index contributed by atoms with van der Waals surface area (Å²) in [6.07, 6.45) is 3.61. The molecule has 6 heteroatoms. The van der Waals surface area contributed by atoms with Gasteiger partial charge in [0.05, 0.1) is 12.3 Å². The van der Waals surface area contributed by atoms with Crippen LogP contribution in [0.25, 0.3) is 10.7 Å². The van der Waals surface area contributed by atoms with Crippen LogP contribution in [-0.4, -0.2) is 27.3 Å². The number of carbonyl (C=O) groups excluding carboxylic acids is 1. The molecule has 3 rings (SSSR count). The molecule has 19 heavy (non-hydrogen) atoms. The topological polar surface area (TPSA) is 57.0 Å². The van der Waals surface area contributed by atoms with Crippen LogP contribution in [-0.2, 0) is 23.0 Å². The van der Waals surface area contributed by atoms with Crippen molar-refractivity contribution >= 4 is 17.3 Å². The Labute approximate surface area is 115 Å². The number of esters is 1. The standard InChI is InChI=1S/C13H15N3O2S/c1-3-18-13(17)8-4-5-10-11(8)14-12(19-10)9-6-7-16(2)15-9/h6-8H,3-5H2,1-2H3. The van der Waals surface area contributed by atoms with Gasteiger partial charge in [0, 0.05) is 18.1 Å². The van der Waals surface area contributed by atoms with E-state index in [0.29, 0.717) is 6.61 Å². The number of hydrogen-bond donors (Lipinski definition) is 0. The molecule has 0 fully saturated rings. The second-order valence-corrected chi connectivity index (χ2v) is 5.63. The Morgan fingerprint density at radius 3 is 3.16 bits per heavy atom. The van der Waals surface area contributed by atoms with Crippen molar-refractivity contribution in [2.45, 2.75) is 25.7 Å². The van der Waals surface area contributed by atoms with Crippen LogP contribution < -0.4 is 0 Å². The van der Waals surface area contributed by atoms with Crippen molar-refractivity contribution in [1.29, 1.82) is 0 Å². The summed E-state index contributed by atoms with van der Waals surface area (Å²) in [6, 6.07) is 1.94. The van der Waals surface area contributed by atoms with Crippen molar-refractivity contribution in [3.8, 4) is 10.7 Å². The van der Waals surface area contributed by atoms with E-state index in [1.807, 2.05) is 26.2 Å². The summed E-state index contributed by atoms with van der Waals surface area (Å²) in [4.78, 5) is 17.7. The Hall–Kier alpha value is -1.69. The first kappa shape index (κ1) is 12.3. The summed E-state index contributed by atoms with van der Waals surface area (Å²) >= 11 is 1.63. The van der Waals surface area contributed by atoms with Crippen molar-refractivity contribution in [3.63, 3.8) is 0 Å². The van der Waals surface area contributed by atoms with Gasteiger partial charge in [0.25, 0.3) is 0 Å². The number of ether oxygens (including phenoxy) is 1. The minimum Gasteiger partial charge on any atom is -0.465 e. The molecule has 2 heterocycles. The summed E-state index contributed by atoms with van der Waals surface area (Å²) in [5.41, 5.74) is 1.76. The van der Waals surface area contributed by atoms with Gasteiger partial charge in [-0.3, -0.25) is 9.48 Å². The SMILES string of the molecule is CCOC(=O)C1CCc2sc(-c3ccn(C)n3)nc21. The Balaban J connectivity index is 1.90. The maximum Gasteiger partial charge on any atom is 0.315 e. The number of thiazole rings is 1. The minimum absolute atomic E-state index is 0.154. The van der Waals surface area contributed by atoms with E-state index in [1.54, 1.807) is 16.0 Å². The molecule has 0 saturated heterocycles. The van der Waals surface area contributed by atoms with E-state index in [4.69, 9.17) is 4.74 Å². The highest BCUT2D eigenvalue weighted by molar-refractivity contribution is 7.15. The number of fused-ring (bicyclic) bond motifs is 1. The lowest BCUT2D eigenvalue weighted by atomic mass is 10.1. The van der Waals surface area contributed by atoms with Crippen molar-refractivity contribution in [1.82, 2.24) is 14.8 Å². The third kappa shape index (κ3) is 2.16. The maximum atomic E-state index is 11.9. The van der Waals surface area contributed by atoms with Crippen molar-refractivity contribution in [2.24, 2.45) is 7.05 Å². The Morgan fingerprint density at radius 2 is 2.47 bits per heavy atom. The van der Waals surface area contributed by atoms with Crippen LogP contribution in [0.2, 0.25) is 0 Å². The fourth-order valence-corrected chi connectivity index (χ4v) is 3.44. The fourth-order valence-electron chi connectivity index (χ4n) is 2.34. The van der Waals surface area contributed by atoms with Crippen LogP contribution in [0.3, 0.4) is 0 Å². The molecule has 0 spiro atoms. The monoisotopic (exact) mass is 277 g/mol. The van der Waals surface area contributed by atoms with Gasteiger partial charge < -0.3 is 4.74 Å². The highest BCUT2D eigenvalue weighted by atomic mass is 32.1. The first-order valence-electron chi connectivity index (χ1n) is 6.35. The molecule has 2 aromatic heterocycles. The van der Waals surface area contributed by atoms with Gasteiger partial charge in [-0.25, -0.2) is 4.98 Å². The molecule has 0 amide bonds. The van der Waals surface area contributed by atoms with Gasteiger partial charge >= 0.3 is 5.97 Å². The van der Waals surface area contributed by atoms with Gasteiger partial charge in [0.2, 0.25) is 0 Å². The molecule has 0 radical (unpaired) electrons. The highest BCUT2D eigenvalue weighted by Crippen LogP contribution is 2.39. The summed E-state index contributed by atoms with van der Waals surface area (Å²) in [7, 11) is 1.88. The smallest absolute Gasteiger partial charge is 0.315 e. The first-order chi connectivity index (χ1) is 9.19. The van der Waals surface area contributed by atoms with Crippen molar-refractivity contribution < 1.29 is 9.53 Å². The summed E-state index contributed by atoms with van der Waals surface area (Å²) in [5.74, 6) is -0.345. The van der Waals surface area contributed by atoms with E-state index in [2.05, 4.69) is 10.1 Å². The lowest BCUT2D eigenvalue weighted by molar-refractivity contribution is -0.145. The zero-order chi connectivity index (χ0) is 13.4. The molecule has 5 nitrogen and oxygen atoms in total. The molecule has 0 saturated carbocycles. The number of nitrogens with zero attached hydrogens (tertiary/aromatic N) is 3. The maximum absolute atomic E-state index is 11.9. The number of hydrogen-bond acceptors (Lipinski definition) is 5. The van der Waals surface area contributed by atoms with E-state index < -0.39 is 0 Å². The van der Waals surface area contributed by atoms with Crippen LogP contribution in [0.1, 0.15) is 29.8 Å². The first-order valence-corrected chi connectivity index (χ1v) is 7.17. The second-order valence-electron chi connectivity index (χ2n) is 4.55. The number of carbonyl (C=O) groups is 1. The normalized spacial score (nSPS) is 17.5. The van der Waals surface area contributed by atoms with Crippen LogP contribution in [0.4, 0.5) is 0 Å². The minimum atomic E-state index is -0.191. The average Bonchev–Trinajstić information content (AvgIpc) is 3.02. The zero-order valence-electron chi connectivity index (χ0n) is 10.9. The van der Waals surface area contributed by atoms with Gasteiger partial charge in [0.15, 0.2) is 0 Å². The molecule has 2 aromatic rings. The molecule has 0 aliphatic heterocycles. The lowest BCUT2D eigenvalue weighted by Gasteiger charge is -2.07. The largest absolute Gasteiger partial charge is 0.465 e. The van der Waals surface area contributed by atoms with Gasteiger partial charge in [-0.05, 0) is 25.8 Å². The van der Waals surface area contributed by atoms with Crippen LogP contribution in [0.15, 0.2) is 12.3 Å². The van der Waals surface area contributed by atoms with E-state index in [-0.39, 0.29) is 11.9 Å². The van der Waals surface area contributed by atoms with E-state index >= 15 is 0 Å². The third-order valence-electron chi connectivity index (χ3n) is 3.22. The third-order valence-corrected chi connectivity index (χ3v) is 4.37. The quantitative estimate of drug-likeness (QED) is 0.807. The molecule has 1 unspecified atom stereocenters. The molecule has 1 aliphatic carbocycles. The Morgan fingerprint density at radius 1 is 1.63 bits per heavy atom. The zero-order valence-corrected chi connectivity index (χ0v) is 11.7. The molecule has 0 bridgehead atoms. The van der Waals surface area contributed by atoms with E-state index in [9.17, 15) is 4.79 Å². The second kappa shape index (κ2) is 4.77.